The number of thioether (sulfide) groups is 1. The molecule has 2 aromatic rings. The normalized spacial score (nSPS) is 9.89. The molecule has 0 amide bonds. The van der Waals surface area contributed by atoms with Gasteiger partial charge >= 0.3 is 0 Å². The molecule has 0 aliphatic rings. The van der Waals surface area contributed by atoms with Gasteiger partial charge in [0.1, 0.15) is 12.9 Å². The molecule has 0 radical (unpaired) electrons. The standard InChI is InChI=1S/C13H13N3OS/c1-16-13(14-10-15-16)18-9-12-6-4-11(5-7-12)3-2-8-17/h4-7,10,17H,8-9H2,1H3. The van der Waals surface area contributed by atoms with Crippen molar-refractivity contribution in [3.63, 3.8) is 0 Å². The summed E-state index contributed by atoms with van der Waals surface area (Å²) in [4.78, 5) is 4.15. The zero-order valence-corrected chi connectivity index (χ0v) is 10.8. The Hall–Kier alpha value is -1.77. The van der Waals surface area contributed by atoms with E-state index in [0.717, 1.165) is 16.5 Å². The van der Waals surface area contributed by atoms with E-state index < -0.39 is 0 Å². The van der Waals surface area contributed by atoms with Crippen molar-refractivity contribution in [1.29, 1.82) is 0 Å². The minimum absolute atomic E-state index is 0.107. The predicted octanol–water partition coefficient (Wildman–Crippen LogP) is 1.45. The lowest BCUT2D eigenvalue weighted by molar-refractivity contribution is 0.350. The van der Waals surface area contributed by atoms with Crippen molar-refractivity contribution < 1.29 is 5.11 Å². The van der Waals surface area contributed by atoms with Crippen molar-refractivity contribution in [3.05, 3.63) is 41.7 Å². The topological polar surface area (TPSA) is 50.9 Å². The Morgan fingerprint density at radius 1 is 1.33 bits per heavy atom. The quantitative estimate of drug-likeness (QED) is 0.669. The molecule has 2 rings (SSSR count). The Morgan fingerprint density at radius 3 is 2.72 bits per heavy atom. The molecule has 0 atom stereocenters. The number of aliphatic hydroxyl groups is 1. The maximum atomic E-state index is 8.61. The molecule has 1 N–H and O–H groups in total. The molecule has 0 saturated heterocycles. The van der Waals surface area contributed by atoms with Gasteiger partial charge in [0.25, 0.3) is 0 Å². The minimum Gasteiger partial charge on any atom is -0.384 e. The van der Waals surface area contributed by atoms with Crippen molar-refractivity contribution >= 4 is 11.8 Å². The van der Waals surface area contributed by atoms with Crippen molar-refractivity contribution in [3.8, 4) is 11.8 Å². The van der Waals surface area contributed by atoms with E-state index >= 15 is 0 Å². The molecule has 0 aliphatic heterocycles. The van der Waals surface area contributed by atoms with Gasteiger partial charge in [0, 0.05) is 18.4 Å². The van der Waals surface area contributed by atoms with Crippen LogP contribution >= 0.6 is 11.8 Å². The van der Waals surface area contributed by atoms with E-state index in [9.17, 15) is 0 Å². The van der Waals surface area contributed by atoms with Crippen LogP contribution in [0.25, 0.3) is 0 Å². The van der Waals surface area contributed by atoms with Crippen LogP contribution < -0.4 is 0 Å². The van der Waals surface area contributed by atoms with E-state index in [1.807, 2.05) is 31.3 Å². The monoisotopic (exact) mass is 259 g/mol. The average molecular weight is 259 g/mol. The molecule has 1 aromatic carbocycles. The van der Waals surface area contributed by atoms with Gasteiger partial charge in [-0.1, -0.05) is 35.7 Å². The fourth-order valence-corrected chi connectivity index (χ4v) is 2.23. The lowest BCUT2D eigenvalue weighted by Gasteiger charge is -2.01. The molecule has 0 saturated carbocycles. The van der Waals surface area contributed by atoms with Gasteiger partial charge in [0.2, 0.25) is 0 Å². The Balaban J connectivity index is 1.96. The number of aliphatic hydroxyl groups excluding tert-OH is 1. The summed E-state index contributed by atoms with van der Waals surface area (Å²) in [5, 5.41) is 13.5. The molecular weight excluding hydrogens is 246 g/mol. The van der Waals surface area contributed by atoms with Crippen molar-refractivity contribution in [1.82, 2.24) is 14.8 Å². The first-order valence-electron chi connectivity index (χ1n) is 5.45. The van der Waals surface area contributed by atoms with E-state index in [-0.39, 0.29) is 6.61 Å². The first-order valence-corrected chi connectivity index (χ1v) is 6.43. The highest BCUT2D eigenvalue weighted by Crippen LogP contribution is 2.19. The van der Waals surface area contributed by atoms with E-state index in [2.05, 4.69) is 21.9 Å². The van der Waals surface area contributed by atoms with Crippen LogP contribution in [0.4, 0.5) is 0 Å². The van der Waals surface area contributed by atoms with Gasteiger partial charge < -0.3 is 5.11 Å². The highest BCUT2D eigenvalue weighted by molar-refractivity contribution is 7.98. The Morgan fingerprint density at radius 2 is 2.11 bits per heavy atom. The largest absolute Gasteiger partial charge is 0.384 e. The Kier molecular flexibility index (Phi) is 4.40. The first-order chi connectivity index (χ1) is 8.79. The molecule has 1 aromatic heterocycles. The molecule has 0 unspecified atom stereocenters. The third-order valence-electron chi connectivity index (χ3n) is 2.30. The minimum atomic E-state index is -0.107. The molecule has 4 nitrogen and oxygen atoms in total. The number of hydrogen-bond acceptors (Lipinski definition) is 4. The van der Waals surface area contributed by atoms with Crippen molar-refractivity contribution in [2.24, 2.45) is 7.05 Å². The van der Waals surface area contributed by atoms with E-state index in [0.29, 0.717) is 0 Å². The molecule has 0 bridgehead atoms. The smallest absolute Gasteiger partial charge is 0.186 e. The molecule has 1 heterocycles. The molecule has 92 valence electrons. The van der Waals surface area contributed by atoms with Gasteiger partial charge in [-0.25, -0.2) is 9.67 Å². The van der Waals surface area contributed by atoms with Crippen LogP contribution in [0.2, 0.25) is 0 Å². The zero-order chi connectivity index (χ0) is 12.8. The van der Waals surface area contributed by atoms with Gasteiger partial charge in [-0.2, -0.15) is 5.10 Å². The van der Waals surface area contributed by atoms with Crippen LogP contribution in [0.1, 0.15) is 11.1 Å². The number of nitrogens with zero attached hydrogens (tertiary/aromatic N) is 3. The van der Waals surface area contributed by atoms with Gasteiger partial charge in [0.15, 0.2) is 5.16 Å². The van der Waals surface area contributed by atoms with Gasteiger partial charge in [-0.15, -0.1) is 0 Å². The maximum absolute atomic E-state index is 8.61. The van der Waals surface area contributed by atoms with E-state index in [4.69, 9.17) is 5.11 Å². The first kappa shape index (κ1) is 12.7. The SMILES string of the molecule is Cn1ncnc1SCc1ccc(C#CCO)cc1. The summed E-state index contributed by atoms with van der Waals surface area (Å²) in [6.45, 7) is -0.107. The van der Waals surface area contributed by atoms with Crippen molar-refractivity contribution in [2.75, 3.05) is 6.61 Å². The van der Waals surface area contributed by atoms with Gasteiger partial charge in [-0.3, -0.25) is 0 Å². The van der Waals surface area contributed by atoms with Crippen molar-refractivity contribution in [2.45, 2.75) is 10.9 Å². The molecular formula is C13H13N3OS. The summed E-state index contributed by atoms with van der Waals surface area (Å²) in [6, 6.07) is 7.97. The molecule has 0 aliphatic carbocycles. The van der Waals surface area contributed by atoms with Crippen LogP contribution in [-0.4, -0.2) is 26.5 Å². The van der Waals surface area contributed by atoms with Gasteiger partial charge in [0.05, 0.1) is 0 Å². The number of aromatic nitrogens is 3. The number of hydrogen-bond donors (Lipinski definition) is 1. The van der Waals surface area contributed by atoms with Crippen LogP contribution in [0.3, 0.4) is 0 Å². The van der Waals surface area contributed by atoms with E-state index in [1.54, 1.807) is 22.8 Å². The molecule has 0 spiro atoms. The maximum Gasteiger partial charge on any atom is 0.186 e. The highest BCUT2D eigenvalue weighted by Gasteiger charge is 2.01. The van der Waals surface area contributed by atoms with Gasteiger partial charge in [-0.05, 0) is 17.7 Å². The number of benzene rings is 1. The summed E-state index contributed by atoms with van der Waals surface area (Å²) < 4.78 is 1.76. The lowest BCUT2D eigenvalue weighted by atomic mass is 10.1. The molecule has 5 heteroatoms. The second-order valence-electron chi connectivity index (χ2n) is 3.61. The summed E-state index contributed by atoms with van der Waals surface area (Å²) in [6.07, 6.45) is 1.55. The Labute approximate surface area is 110 Å². The second kappa shape index (κ2) is 6.24. The Bertz CT molecular complexity index is 566. The van der Waals surface area contributed by atoms with Crippen LogP contribution in [0, 0.1) is 11.8 Å². The number of aryl methyl sites for hydroxylation is 1. The highest BCUT2D eigenvalue weighted by atomic mass is 32.2. The van der Waals surface area contributed by atoms with Crippen LogP contribution in [0.5, 0.6) is 0 Å². The fraction of sp³-hybridized carbons (Fsp3) is 0.231. The summed E-state index contributed by atoms with van der Waals surface area (Å²) in [5.41, 5.74) is 2.12. The predicted molar refractivity (Wildman–Crippen MR) is 71.0 cm³/mol. The zero-order valence-electron chi connectivity index (χ0n) is 10.00. The fourth-order valence-electron chi connectivity index (χ4n) is 1.39. The third kappa shape index (κ3) is 3.36. The lowest BCUT2D eigenvalue weighted by Crippen LogP contribution is -1.93. The van der Waals surface area contributed by atoms with E-state index in [1.165, 1.54) is 5.56 Å². The molecule has 0 fully saturated rings. The van der Waals surface area contributed by atoms with Crippen LogP contribution in [-0.2, 0) is 12.8 Å². The van der Waals surface area contributed by atoms with Crippen LogP contribution in [0.15, 0.2) is 35.7 Å². The number of rotatable bonds is 3. The molecule has 18 heavy (non-hydrogen) atoms. The second-order valence-corrected chi connectivity index (χ2v) is 4.55. The summed E-state index contributed by atoms with van der Waals surface area (Å²) in [7, 11) is 1.88. The summed E-state index contributed by atoms with van der Waals surface area (Å²) in [5.74, 6) is 6.34. The summed E-state index contributed by atoms with van der Waals surface area (Å²) >= 11 is 1.64. The third-order valence-corrected chi connectivity index (χ3v) is 3.41. The average Bonchev–Trinajstić information content (AvgIpc) is 2.81.